The number of hydrogen-bond acceptors (Lipinski definition) is 6. The number of amides is 1. The van der Waals surface area contributed by atoms with E-state index in [2.05, 4.69) is 9.80 Å². The number of benzene rings is 1. The van der Waals surface area contributed by atoms with E-state index < -0.39 is 11.0 Å². The fourth-order valence-electron chi connectivity index (χ4n) is 5.75. The van der Waals surface area contributed by atoms with E-state index in [1.165, 1.54) is 45.3 Å². The number of carbonyl (C=O) groups excluding carboxylic acids is 1. The first-order valence-corrected chi connectivity index (χ1v) is 15.0. The van der Waals surface area contributed by atoms with E-state index in [9.17, 15) is 9.00 Å². The molecular weight excluding hydrogens is 488 g/mol. The van der Waals surface area contributed by atoms with Crippen molar-refractivity contribution in [2.45, 2.75) is 62.9 Å². The van der Waals surface area contributed by atoms with Gasteiger partial charge in [0, 0.05) is 52.4 Å². The van der Waals surface area contributed by atoms with Gasteiger partial charge in [-0.3, -0.25) is 9.69 Å². The second-order valence-corrected chi connectivity index (χ2v) is 12.7. The number of likely N-dealkylation sites (tertiary alicyclic amines) is 2. The van der Waals surface area contributed by atoms with Crippen molar-refractivity contribution in [2.75, 3.05) is 73.7 Å². The molecule has 2 heterocycles. The standard InChI is InChI=1S/C28H46N4O4S/c1-21-16-26(35-5)17-22(2)28(21)37(34)29(3)14-15-36-20-27(33)30(4)25-10-13-32(19-25)24-8-11-31(12-9-24)18-23-6-7-23/h16-17,23-25H,6-15,18-20H2,1-5H3/t25-,37?/m1/s1. The predicted octanol–water partition coefficient (Wildman–Crippen LogP) is 2.69. The highest BCUT2D eigenvalue weighted by molar-refractivity contribution is 7.82. The summed E-state index contributed by atoms with van der Waals surface area (Å²) in [7, 11) is 4.06. The normalized spacial score (nSPS) is 22.5. The maximum Gasteiger partial charge on any atom is 0.248 e. The Morgan fingerprint density at radius 1 is 1.05 bits per heavy atom. The molecule has 2 saturated heterocycles. The van der Waals surface area contributed by atoms with Crippen LogP contribution in [0.4, 0.5) is 0 Å². The second-order valence-electron chi connectivity index (χ2n) is 11.2. The molecule has 0 N–H and O–H groups in total. The summed E-state index contributed by atoms with van der Waals surface area (Å²) in [5, 5.41) is 0. The van der Waals surface area contributed by atoms with Crippen LogP contribution in [0.25, 0.3) is 0 Å². The molecule has 3 fully saturated rings. The first-order valence-electron chi connectivity index (χ1n) is 13.8. The Morgan fingerprint density at radius 3 is 2.35 bits per heavy atom. The molecule has 3 aliphatic rings. The van der Waals surface area contributed by atoms with Crippen molar-refractivity contribution >= 4 is 16.9 Å². The highest BCUT2D eigenvalue weighted by atomic mass is 32.2. The van der Waals surface area contributed by atoms with Gasteiger partial charge in [-0.15, -0.1) is 0 Å². The lowest BCUT2D eigenvalue weighted by molar-refractivity contribution is -0.136. The zero-order valence-corrected chi connectivity index (χ0v) is 24.2. The monoisotopic (exact) mass is 534 g/mol. The van der Waals surface area contributed by atoms with Gasteiger partial charge in [0.05, 0.1) is 18.6 Å². The lowest BCUT2D eigenvalue weighted by atomic mass is 10.0. The van der Waals surface area contributed by atoms with Gasteiger partial charge in [-0.1, -0.05) is 0 Å². The molecule has 37 heavy (non-hydrogen) atoms. The third kappa shape index (κ3) is 7.53. The summed E-state index contributed by atoms with van der Waals surface area (Å²) < 4.78 is 25.9. The minimum atomic E-state index is -1.30. The van der Waals surface area contributed by atoms with Crippen molar-refractivity contribution in [3.63, 3.8) is 0 Å². The Bertz CT molecular complexity index is 925. The maximum atomic E-state index is 13.1. The lowest BCUT2D eigenvalue weighted by Gasteiger charge is -2.37. The second kappa shape index (κ2) is 13.0. The molecule has 1 amide bonds. The zero-order valence-electron chi connectivity index (χ0n) is 23.4. The van der Waals surface area contributed by atoms with Gasteiger partial charge in [-0.05, 0) is 88.2 Å². The summed E-state index contributed by atoms with van der Waals surface area (Å²) in [6.45, 7) is 10.6. The van der Waals surface area contributed by atoms with Crippen LogP contribution in [-0.2, 0) is 20.5 Å². The Morgan fingerprint density at radius 2 is 1.73 bits per heavy atom. The van der Waals surface area contributed by atoms with Gasteiger partial charge in [0.2, 0.25) is 5.91 Å². The molecule has 1 aromatic rings. The molecule has 0 radical (unpaired) electrons. The molecular formula is C28H46N4O4S. The Kier molecular flexibility index (Phi) is 10.0. The molecule has 9 heteroatoms. The predicted molar refractivity (Wildman–Crippen MR) is 147 cm³/mol. The van der Waals surface area contributed by atoms with E-state index in [1.807, 2.05) is 45.0 Å². The molecule has 1 aromatic carbocycles. The Hall–Kier alpha value is -1.52. The van der Waals surface area contributed by atoms with Crippen molar-refractivity contribution < 1.29 is 18.5 Å². The number of ether oxygens (including phenoxy) is 2. The van der Waals surface area contributed by atoms with Crippen LogP contribution in [0.3, 0.4) is 0 Å². The lowest BCUT2D eigenvalue weighted by Crippen LogP contribution is -2.46. The maximum absolute atomic E-state index is 13.1. The molecule has 2 atom stereocenters. The van der Waals surface area contributed by atoms with Crippen LogP contribution in [0.2, 0.25) is 0 Å². The van der Waals surface area contributed by atoms with E-state index in [1.54, 1.807) is 11.4 Å². The first-order chi connectivity index (χ1) is 17.8. The number of aryl methyl sites for hydroxylation is 2. The van der Waals surface area contributed by atoms with Crippen molar-refractivity contribution in [1.29, 1.82) is 0 Å². The minimum Gasteiger partial charge on any atom is -0.497 e. The molecule has 0 bridgehead atoms. The molecule has 1 aliphatic carbocycles. The summed E-state index contributed by atoms with van der Waals surface area (Å²) >= 11 is 0. The van der Waals surface area contributed by atoms with Crippen molar-refractivity contribution in [1.82, 2.24) is 19.0 Å². The molecule has 4 rings (SSSR count). The third-order valence-electron chi connectivity index (χ3n) is 8.33. The van der Waals surface area contributed by atoms with Crippen LogP contribution in [0.15, 0.2) is 17.0 Å². The largest absolute Gasteiger partial charge is 0.497 e. The van der Waals surface area contributed by atoms with Crippen LogP contribution in [0.5, 0.6) is 5.75 Å². The van der Waals surface area contributed by atoms with E-state index in [0.717, 1.165) is 47.2 Å². The van der Waals surface area contributed by atoms with Gasteiger partial charge in [-0.2, -0.15) is 0 Å². The van der Waals surface area contributed by atoms with Gasteiger partial charge in [0.1, 0.15) is 23.3 Å². The average Bonchev–Trinajstić information content (AvgIpc) is 3.57. The number of rotatable bonds is 12. The summed E-state index contributed by atoms with van der Waals surface area (Å²) in [5.41, 5.74) is 1.88. The van der Waals surface area contributed by atoms with Crippen molar-refractivity contribution in [2.24, 2.45) is 5.92 Å². The smallest absolute Gasteiger partial charge is 0.248 e. The number of carbonyl (C=O) groups is 1. The fraction of sp³-hybridized carbons (Fsp3) is 0.750. The topological polar surface area (TPSA) is 65.6 Å². The number of nitrogens with zero attached hydrogens (tertiary/aromatic N) is 4. The summed E-state index contributed by atoms with van der Waals surface area (Å²) in [5.74, 6) is 1.76. The Balaban J connectivity index is 1.15. The third-order valence-corrected chi connectivity index (χ3v) is 10.1. The quantitative estimate of drug-likeness (QED) is 0.384. The number of methoxy groups -OCH3 is 1. The van der Waals surface area contributed by atoms with E-state index in [-0.39, 0.29) is 18.6 Å². The van der Waals surface area contributed by atoms with E-state index >= 15 is 0 Å². The number of likely N-dealkylation sites (N-methyl/N-ethyl adjacent to an activating group) is 2. The van der Waals surface area contributed by atoms with E-state index in [4.69, 9.17) is 9.47 Å². The molecule has 1 unspecified atom stereocenters. The van der Waals surface area contributed by atoms with Crippen LogP contribution < -0.4 is 4.74 Å². The SMILES string of the molecule is COc1cc(C)c(S(=O)N(C)CCOCC(=O)N(C)[C@@H]2CCN(C3CCN(CC4CC4)CC3)C2)c(C)c1. The van der Waals surface area contributed by atoms with Crippen LogP contribution >= 0.6 is 0 Å². The zero-order chi connectivity index (χ0) is 26.5. The molecule has 208 valence electrons. The highest BCUT2D eigenvalue weighted by Gasteiger charge is 2.34. The summed E-state index contributed by atoms with van der Waals surface area (Å²) in [6.07, 6.45) is 6.40. The molecule has 1 saturated carbocycles. The molecule has 2 aliphatic heterocycles. The molecule has 0 spiro atoms. The van der Waals surface area contributed by atoms with Gasteiger partial charge in [0.25, 0.3) is 0 Å². The van der Waals surface area contributed by atoms with Gasteiger partial charge in [-0.25, -0.2) is 8.51 Å². The first kappa shape index (κ1) is 28.5. The highest BCUT2D eigenvalue weighted by Crippen LogP contribution is 2.31. The average molecular weight is 535 g/mol. The summed E-state index contributed by atoms with van der Waals surface area (Å²) in [6, 6.07) is 4.73. The van der Waals surface area contributed by atoms with Crippen LogP contribution in [0.1, 0.15) is 43.2 Å². The molecule has 0 aromatic heterocycles. The van der Waals surface area contributed by atoms with Crippen LogP contribution in [-0.4, -0.2) is 115 Å². The van der Waals surface area contributed by atoms with Gasteiger partial charge in [0.15, 0.2) is 0 Å². The van der Waals surface area contributed by atoms with Crippen molar-refractivity contribution in [3.05, 3.63) is 23.3 Å². The Labute approximate surface area is 225 Å². The van der Waals surface area contributed by atoms with Crippen molar-refractivity contribution in [3.8, 4) is 5.75 Å². The van der Waals surface area contributed by atoms with Gasteiger partial charge < -0.3 is 19.3 Å². The molecule has 8 nitrogen and oxygen atoms in total. The fourth-order valence-corrected chi connectivity index (χ4v) is 6.97. The minimum absolute atomic E-state index is 0.0247. The number of hydrogen-bond donors (Lipinski definition) is 0. The van der Waals surface area contributed by atoms with E-state index in [0.29, 0.717) is 19.2 Å². The van der Waals surface area contributed by atoms with Crippen LogP contribution in [0, 0.1) is 19.8 Å². The van der Waals surface area contributed by atoms with Gasteiger partial charge >= 0.3 is 0 Å². The number of piperidine rings is 1. The summed E-state index contributed by atoms with van der Waals surface area (Å²) in [4.78, 5) is 20.8.